The molecule has 0 atom stereocenters. The van der Waals surface area contributed by atoms with E-state index in [4.69, 9.17) is 4.43 Å². The van der Waals surface area contributed by atoms with Crippen LogP contribution < -0.4 is 0 Å². The van der Waals surface area contributed by atoms with Gasteiger partial charge in [-0.05, 0) is 64.5 Å². The summed E-state index contributed by atoms with van der Waals surface area (Å²) >= 11 is 0. The molecule has 0 radical (unpaired) electrons. The summed E-state index contributed by atoms with van der Waals surface area (Å²) < 4.78 is 7.55. The molecule has 0 unspecified atom stereocenters. The van der Waals surface area contributed by atoms with Crippen LogP contribution >= 0.6 is 0 Å². The van der Waals surface area contributed by atoms with Crippen molar-refractivity contribution in [2.75, 3.05) is 13.2 Å². The van der Waals surface area contributed by atoms with Gasteiger partial charge in [-0.3, -0.25) is 4.90 Å². The largest absolute Gasteiger partial charge is 0.478 e. The Morgan fingerprint density at radius 2 is 1.69 bits per heavy atom. The zero-order valence-electron chi connectivity index (χ0n) is 21.8. The van der Waals surface area contributed by atoms with E-state index in [0.717, 1.165) is 11.8 Å². The Hall–Kier alpha value is -3.16. The highest BCUT2D eigenvalue weighted by Crippen LogP contribution is 2.36. The summed E-state index contributed by atoms with van der Waals surface area (Å²) in [5.41, 5.74) is 0.320. The fourth-order valence-corrected chi connectivity index (χ4v) is 4.49. The van der Waals surface area contributed by atoms with E-state index >= 15 is 0 Å². The van der Waals surface area contributed by atoms with E-state index in [2.05, 4.69) is 43.7 Å². The molecule has 1 heterocycles. The summed E-state index contributed by atoms with van der Waals surface area (Å²) in [6.07, 6.45) is 1.08. The molecule has 12 nitrogen and oxygen atoms in total. The summed E-state index contributed by atoms with van der Waals surface area (Å²) in [6.45, 7) is 15.9. The molecular weight excluding hydrogens is 486 g/mol. The number of aromatic carboxylic acids is 1. The maximum absolute atomic E-state index is 11.5. The van der Waals surface area contributed by atoms with Crippen LogP contribution in [0.1, 0.15) is 50.5 Å². The van der Waals surface area contributed by atoms with Gasteiger partial charge in [-0.1, -0.05) is 32.9 Å². The summed E-state index contributed by atoms with van der Waals surface area (Å²) in [7, 11) is -2.02. The molecule has 2 rings (SSSR count). The van der Waals surface area contributed by atoms with E-state index in [1.54, 1.807) is 12.1 Å². The minimum atomic E-state index is -2.02. The fraction of sp³-hybridized carbons (Fsp3) is 0.565. The number of benzene rings is 1. The van der Waals surface area contributed by atoms with Gasteiger partial charge in [0.25, 0.3) is 0 Å². The van der Waals surface area contributed by atoms with E-state index in [1.807, 2.05) is 13.8 Å². The third kappa shape index (κ3) is 7.18. The van der Waals surface area contributed by atoms with Gasteiger partial charge in [0, 0.05) is 25.2 Å². The number of hydrogen-bond acceptors (Lipinski definition) is 8. The van der Waals surface area contributed by atoms with Crippen molar-refractivity contribution in [3.05, 3.63) is 61.8 Å². The van der Waals surface area contributed by atoms with Gasteiger partial charge in [0.15, 0.2) is 14.5 Å². The highest BCUT2D eigenvalue weighted by Gasteiger charge is 2.38. The van der Waals surface area contributed by atoms with E-state index < -0.39 is 41.4 Å². The van der Waals surface area contributed by atoms with Gasteiger partial charge in [0.05, 0.1) is 12.1 Å². The van der Waals surface area contributed by atoms with Crippen LogP contribution in [-0.4, -0.2) is 62.4 Å². The molecule has 0 aliphatic carbocycles. The molecule has 1 N–H and O–H groups in total. The highest BCUT2D eigenvalue weighted by molar-refractivity contribution is 6.74. The van der Waals surface area contributed by atoms with Crippen molar-refractivity contribution in [1.29, 1.82) is 0 Å². The minimum Gasteiger partial charge on any atom is -0.478 e. The average Bonchev–Trinajstić information content (AvgIpc) is 3.16. The molecule has 0 saturated heterocycles. The van der Waals surface area contributed by atoms with Crippen LogP contribution in [0.5, 0.6) is 0 Å². The second kappa shape index (κ2) is 10.8. The van der Waals surface area contributed by atoms with Crippen molar-refractivity contribution >= 4 is 26.1 Å². The zero-order chi connectivity index (χ0) is 27.5. The summed E-state index contributed by atoms with van der Waals surface area (Å²) in [5, 5.41) is 31.9. The van der Waals surface area contributed by atoms with Crippen molar-refractivity contribution in [3.8, 4) is 0 Å². The number of carbonyl (C=O) groups is 1. The lowest BCUT2D eigenvalue weighted by Crippen LogP contribution is -2.49. The third-order valence-corrected chi connectivity index (χ3v) is 11.2. The molecule has 198 valence electrons. The van der Waals surface area contributed by atoms with Crippen LogP contribution in [0.25, 0.3) is 0 Å². The quantitative estimate of drug-likeness (QED) is 0.238. The van der Waals surface area contributed by atoms with Gasteiger partial charge < -0.3 is 29.8 Å². The molecule has 1 aromatic heterocycles. The molecule has 36 heavy (non-hydrogen) atoms. The summed E-state index contributed by atoms with van der Waals surface area (Å²) in [5.74, 6) is -2.21. The summed E-state index contributed by atoms with van der Waals surface area (Å²) in [4.78, 5) is 38.0. The molecule has 0 bridgehead atoms. The number of nitro groups is 2. The number of aromatic nitrogens is 2. The van der Waals surface area contributed by atoms with Crippen LogP contribution in [0.3, 0.4) is 0 Å². The first-order valence-electron chi connectivity index (χ1n) is 11.5. The van der Waals surface area contributed by atoms with Crippen LogP contribution in [0, 0.1) is 20.2 Å². The molecule has 1 aromatic carbocycles. The van der Waals surface area contributed by atoms with Gasteiger partial charge in [-0.15, -0.1) is 0 Å². The molecule has 0 amide bonds. The van der Waals surface area contributed by atoms with Crippen molar-refractivity contribution in [2.24, 2.45) is 0 Å². The predicted octanol–water partition coefficient (Wildman–Crippen LogP) is 4.70. The lowest BCUT2D eigenvalue weighted by molar-refractivity contribution is -0.403. The van der Waals surface area contributed by atoms with Crippen molar-refractivity contribution in [2.45, 2.75) is 71.4 Å². The van der Waals surface area contributed by atoms with Gasteiger partial charge in [-0.2, -0.15) is 0 Å². The van der Waals surface area contributed by atoms with Crippen LogP contribution in [0.4, 0.5) is 11.8 Å². The Kier molecular flexibility index (Phi) is 8.76. The zero-order valence-corrected chi connectivity index (χ0v) is 22.8. The average molecular weight is 522 g/mol. The maximum Gasteiger partial charge on any atom is 0.439 e. The number of hydrogen-bond donors (Lipinski definition) is 1. The minimum absolute atomic E-state index is 0.0242. The Morgan fingerprint density at radius 3 is 2.17 bits per heavy atom. The number of carboxylic acids is 1. The van der Waals surface area contributed by atoms with Gasteiger partial charge >= 0.3 is 17.7 Å². The molecule has 0 aliphatic heterocycles. The molecule has 0 fully saturated rings. The van der Waals surface area contributed by atoms with E-state index in [0.29, 0.717) is 19.7 Å². The normalized spacial score (nSPS) is 12.7. The first-order valence-corrected chi connectivity index (χ1v) is 14.4. The molecule has 13 heteroatoms. The van der Waals surface area contributed by atoms with Crippen molar-refractivity contribution in [1.82, 2.24) is 14.5 Å². The first kappa shape index (κ1) is 29.1. The number of carboxylic acid groups (broad SMARTS) is 1. The standard InChI is InChI=1S/C23H35N5O7Si/c1-22(2,3)36(6,7)35-13-12-26(14-17-8-10-18(11-9-17)20(29)30)23(4,5)16-25-15-19(27(31)32)24-21(25)28(33)34/h8-11,15H,12-14,16H2,1-7H3,(H,29,30). The third-order valence-electron chi connectivity index (χ3n) is 6.71. The SMILES string of the molecule is CC(C)(Cn1cc([N+](=O)[O-])nc1[N+](=O)[O-])N(CCO[Si](C)(C)C(C)(C)C)Cc1ccc(C(=O)O)cc1. The molecule has 0 aliphatic rings. The van der Waals surface area contributed by atoms with Crippen molar-refractivity contribution in [3.63, 3.8) is 0 Å². The van der Waals surface area contributed by atoms with Gasteiger partial charge in [0.2, 0.25) is 0 Å². The van der Waals surface area contributed by atoms with E-state index in [9.17, 15) is 30.1 Å². The number of rotatable bonds is 12. The van der Waals surface area contributed by atoms with E-state index in [1.165, 1.54) is 16.7 Å². The topological polar surface area (TPSA) is 154 Å². The monoisotopic (exact) mass is 521 g/mol. The van der Waals surface area contributed by atoms with Crippen LogP contribution in [0.2, 0.25) is 18.1 Å². The number of imidazole rings is 1. The molecule has 0 spiro atoms. The predicted molar refractivity (Wildman–Crippen MR) is 137 cm³/mol. The molecule has 2 aromatic rings. The lowest BCUT2D eigenvalue weighted by atomic mass is 10.0. The lowest BCUT2D eigenvalue weighted by Gasteiger charge is -2.40. The Morgan fingerprint density at radius 1 is 1.11 bits per heavy atom. The molecular formula is C23H35N5O7Si. The molecule has 0 saturated carbocycles. The maximum atomic E-state index is 11.5. The fourth-order valence-electron chi connectivity index (χ4n) is 3.46. The smallest absolute Gasteiger partial charge is 0.439 e. The second-order valence-electron chi connectivity index (χ2n) is 10.9. The van der Waals surface area contributed by atoms with E-state index in [-0.39, 0.29) is 17.1 Å². The Labute approximate surface area is 211 Å². The number of nitrogens with zero attached hydrogens (tertiary/aromatic N) is 5. The van der Waals surface area contributed by atoms with Crippen LogP contribution in [0.15, 0.2) is 30.5 Å². The highest BCUT2D eigenvalue weighted by atomic mass is 28.4. The van der Waals surface area contributed by atoms with Gasteiger partial charge in [-0.25, -0.2) is 9.36 Å². The summed E-state index contributed by atoms with van der Waals surface area (Å²) in [6, 6.07) is 6.51. The Balaban J connectivity index is 2.34. The Bertz CT molecular complexity index is 1110. The first-order chi connectivity index (χ1) is 16.4. The van der Waals surface area contributed by atoms with Crippen LogP contribution in [-0.2, 0) is 17.5 Å². The second-order valence-corrected chi connectivity index (χ2v) is 15.7. The van der Waals surface area contributed by atoms with Crippen molar-refractivity contribution < 1.29 is 24.2 Å². The van der Waals surface area contributed by atoms with Gasteiger partial charge in [0.1, 0.15) is 0 Å².